The van der Waals surface area contributed by atoms with Gasteiger partial charge in [0, 0.05) is 18.8 Å². The van der Waals surface area contributed by atoms with E-state index in [0.29, 0.717) is 18.9 Å². The number of rotatable bonds is 7. The van der Waals surface area contributed by atoms with Gasteiger partial charge in [-0.25, -0.2) is 4.39 Å². The number of anilines is 3. The Hall–Kier alpha value is -2.97. The van der Waals surface area contributed by atoms with Gasteiger partial charge in [0.15, 0.2) is 0 Å². The predicted octanol–water partition coefficient (Wildman–Crippen LogP) is 2.17. The van der Waals surface area contributed by atoms with Crippen molar-refractivity contribution in [2.24, 2.45) is 0 Å². The third-order valence-corrected chi connectivity index (χ3v) is 4.47. The first-order chi connectivity index (χ1) is 14.0. The number of benzene rings is 2. The topological polar surface area (TPSA) is 73.9 Å². The minimum absolute atomic E-state index is 0.00897. The molecule has 0 aromatic heterocycles. The van der Waals surface area contributed by atoms with Crippen LogP contribution >= 0.6 is 0 Å². The van der Waals surface area contributed by atoms with E-state index >= 15 is 0 Å². The van der Waals surface area contributed by atoms with Crippen molar-refractivity contribution in [1.82, 2.24) is 4.90 Å². The van der Waals surface area contributed by atoms with Gasteiger partial charge in [-0.1, -0.05) is 18.2 Å². The summed E-state index contributed by atoms with van der Waals surface area (Å²) < 4.78 is 18.6. The fourth-order valence-corrected chi connectivity index (χ4v) is 3.16. The zero-order valence-electron chi connectivity index (χ0n) is 16.4. The molecule has 154 valence electrons. The van der Waals surface area contributed by atoms with Crippen molar-refractivity contribution in [2.45, 2.75) is 0 Å². The molecule has 1 heterocycles. The zero-order valence-corrected chi connectivity index (χ0v) is 16.4. The predicted molar refractivity (Wildman–Crippen MR) is 111 cm³/mol. The fraction of sp³-hybridized carbons (Fsp3) is 0.333. The van der Waals surface area contributed by atoms with Gasteiger partial charge in [0.25, 0.3) is 0 Å². The van der Waals surface area contributed by atoms with Crippen LogP contribution in [0.5, 0.6) is 0 Å². The second-order valence-corrected chi connectivity index (χ2v) is 6.90. The van der Waals surface area contributed by atoms with Gasteiger partial charge in [0.2, 0.25) is 11.8 Å². The van der Waals surface area contributed by atoms with Crippen LogP contribution < -0.4 is 15.5 Å². The minimum Gasteiger partial charge on any atom is -0.378 e. The van der Waals surface area contributed by atoms with Crippen molar-refractivity contribution < 1.29 is 18.7 Å². The van der Waals surface area contributed by atoms with Crippen LogP contribution in [0.25, 0.3) is 0 Å². The lowest BCUT2D eigenvalue weighted by molar-refractivity contribution is -0.119. The lowest BCUT2D eigenvalue weighted by Gasteiger charge is -2.30. The number of nitrogens with zero attached hydrogens (tertiary/aromatic N) is 2. The number of nitrogens with one attached hydrogen (secondary N) is 2. The minimum atomic E-state index is -0.422. The lowest BCUT2D eigenvalue weighted by Crippen LogP contribution is -2.38. The van der Waals surface area contributed by atoms with Gasteiger partial charge in [-0.05, 0) is 37.4 Å². The molecule has 0 radical (unpaired) electrons. The third-order valence-electron chi connectivity index (χ3n) is 4.47. The highest BCUT2D eigenvalue weighted by molar-refractivity contribution is 5.96. The van der Waals surface area contributed by atoms with E-state index in [2.05, 4.69) is 15.5 Å². The molecule has 1 aliphatic rings. The standard InChI is InChI=1S/C21H25FN4O3/c1-25(14-20(27)23-17-6-4-5-16(22)13-17)15-21(28)24-18-7-2-3-8-19(18)26-9-11-29-12-10-26/h2-8,13H,9-12,14-15H2,1H3,(H,23,27)(H,24,28). The summed E-state index contributed by atoms with van der Waals surface area (Å²) in [5, 5.41) is 5.54. The molecule has 0 aliphatic carbocycles. The smallest absolute Gasteiger partial charge is 0.238 e. The molecular formula is C21H25FN4O3. The maximum atomic E-state index is 13.2. The van der Waals surface area contributed by atoms with E-state index in [1.807, 2.05) is 24.3 Å². The normalized spacial score (nSPS) is 14.0. The summed E-state index contributed by atoms with van der Waals surface area (Å²) >= 11 is 0. The van der Waals surface area contributed by atoms with Crippen molar-refractivity contribution in [3.05, 3.63) is 54.3 Å². The van der Waals surface area contributed by atoms with Crippen LogP contribution in [0, 0.1) is 5.82 Å². The first kappa shape index (κ1) is 20.8. The van der Waals surface area contributed by atoms with E-state index < -0.39 is 5.82 Å². The molecule has 0 saturated carbocycles. The molecule has 2 amide bonds. The monoisotopic (exact) mass is 400 g/mol. The van der Waals surface area contributed by atoms with Gasteiger partial charge in [0.05, 0.1) is 37.7 Å². The second-order valence-electron chi connectivity index (χ2n) is 6.90. The summed E-state index contributed by atoms with van der Waals surface area (Å²) in [6, 6.07) is 13.3. The number of morpholine rings is 1. The summed E-state index contributed by atoms with van der Waals surface area (Å²) in [4.78, 5) is 28.3. The Kier molecular flexibility index (Phi) is 7.15. The van der Waals surface area contributed by atoms with Gasteiger partial charge in [-0.15, -0.1) is 0 Å². The van der Waals surface area contributed by atoms with Crippen LogP contribution in [-0.4, -0.2) is 63.2 Å². The molecule has 1 aliphatic heterocycles. The summed E-state index contributed by atoms with van der Waals surface area (Å²) in [5.74, 6) is -0.958. The third kappa shape index (κ3) is 6.27. The van der Waals surface area contributed by atoms with Crippen molar-refractivity contribution in [1.29, 1.82) is 0 Å². The van der Waals surface area contributed by atoms with E-state index in [1.165, 1.54) is 18.2 Å². The van der Waals surface area contributed by atoms with Crippen LogP contribution in [0.1, 0.15) is 0 Å². The van der Waals surface area contributed by atoms with Gasteiger partial charge in [0.1, 0.15) is 5.82 Å². The van der Waals surface area contributed by atoms with E-state index in [4.69, 9.17) is 4.74 Å². The Labute approximate surface area is 169 Å². The van der Waals surface area contributed by atoms with Gasteiger partial charge in [-0.3, -0.25) is 14.5 Å². The molecule has 0 atom stereocenters. The number of ether oxygens (including phenoxy) is 1. The second kappa shape index (κ2) is 9.99. The molecule has 0 unspecified atom stereocenters. The summed E-state index contributed by atoms with van der Waals surface area (Å²) in [6.45, 7) is 2.92. The van der Waals surface area contributed by atoms with Crippen molar-refractivity contribution in [2.75, 3.05) is 62.0 Å². The molecule has 1 saturated heterocycles. The Bertz CT molecular complexity index is 855. The molecule has 0 bridgehead atoms. The molecule has 2 N–H and O–H groups in total. The Morgan fingerprint density at radius 3 is 2.45 bits per heavy atom. The number of carbonyl (C=O) groups is 2. The maximum Gasteiger partial charge on any atom is 0.238 e. The molecule has 3 rings (SSSR count). The van der Waals surface area contributed by atoms with Crippen LogP contribution in [0.3, 0.4) is 0 Å². The zero-order chi connectivity index (χ0) is 20.6. The molecule has 2 aromatic carbocycles. The molecule has 0 spiro atoms. The van der Waals surface area contributed by atoms with Crippen LogP contribution in [0.15, 0.2) is 48.5 Å². The molecule has 2 aromatic rings. The summed E-state index contributed by atoms with van der Waals surface area (Å²) in [6.07, 6.45) is 0. The van der Waals surface area contributed by atoms with Gasteiger partial charge < -0.3 is 20.3 Å². The molecule has 8 heteroatoms. The number of likely N-dealkylation sites (N-methyl/N-ethyl adjacent to an activating group) is 1. The quantitative estimate of drug-likeness (QED) is 0.745. The highest BCUT2D eigenvalue weighted by Crippen LogP contribution is 2.26. The highest BCUT2D eigenvalue weighted by Gasteiger charge is 2.17. The summed E-state index contributed by atoms with van der Waals surface area (Å²) in [5.41, 5.74) is 2.07. The van der Waals surface area contributed by atoms with Gasteiger partial charge in [-0.2, -0.15) is 0 Å². The van der Waals surface area contributed by atoms with E-state index in [-0.39, 0.29) is 24.9 Å². The first-order valence-corrected chi connectivity index (χ1v) is 9.47. The summed E-state index contributed by atoms with van der Waals surface area (Å²) in [7, 11) is 1.68. The molecule has 1 fully saturated rings. The SMILES string of the molecule is CN(CC(=O)Nc1cccc(F)c1)CC(=O)Nc1ccccc1N1CCOCC1. The number of hydrogen-bond acceptors (Lipinski definition) is 5. The van der Waals surface area contributed by atoms with Crippen molar-refractivity contribution in [3.63, 3.8) is 0 Å². The van der Waals surface area contributed by atoms with Crippen LogP contribution in [0.4, 0.5) is 21.5 Å². The van der Waals surface area contributed by atoms with E-state index in [1.54, 1.807) is 18.0 Å². The number of hydrogen-bond donors (Lipinski definition) is 2. The lowest BCUT2D eigenvalue weighted by atomic mass is 10.2. The number of para-hydroxylation sites is 2. The molecule has 7 nitrogen and oxygen atoms in total. The average molecular weight is 400 g/mol. The van der Waals surface area contributed by atoms with Crippen molar-refractivity contribution in [3.8, 4) is 0 Å². The molecular weight excluding hydrogens is 375 g/mol. The van der Waals surface area contributed by atoms with Crippen LogP contribution in [-0.2, 0) is 14.3 Å². The number of carbonyl (C=O) groups excluding carboxylic acids is 2. The van der Waals surface area contributed by atoms with E-state index in [9.17, 15) is 14.0 Å². The highest BCUT2D eigenvalue weighted by atomic mass is 19.1. The van der Waals surface area contributed by atoms with Crippen LogP contribution in [0.2, 0.25) is 0 Å². The Morgan fingerprint density at radius 1 is 1.03 bits per heavy atom. The maximum absolute atomic E-state index is 13.2. The number of halogens is 1. The van der Waals surface area contributed by atoms with Crippen molar-refractivity contribution >= 4 is 28.9 Å². The number of amides is 2. The first-order valence-electron chi connectivity index (χ1n) is 9.47. The van der Waals surface area contributed by atoms with E-state index in [0.717, 1.165) is 24.5 Å². The fourth-order valence-electron chi connectivity index (χ4n) is 3.16. The Balaban J connectivity index is 1.52. The van der Waals surface area contributed by atoms with Gasteiger partial charge >= 0.3 is 0 Å². The molecule has 29 heavy (non-hydrogen) atoms. The average Bonchev–Trinajstić information content (AvgIpc) is 2.68. The Morgan fingerprint density at radius 2 is 1.72 bits per heavy atom. The largest absolute Gasteiger partial charge is 0.378 e.